The number of hydrogen-bond donors (Lipinski definition) is 2. The van der Waals surface area contributed by atoms with Crippen molar-refractivity contribution in [3.8, 4) is 0 Å². The average Bonchev–Trinajstić information content (AvgIpc) is 2.30. The first kappa shape index (κ1) is 18.0. The highest BCUT2D eigenvalue weighted by molar-refractivity contribution is 5.67. The molecular weight excluding hydrogens is 264 g/mol. The number of hydrogen-bond acceptors (Lipinski definition) is 3. The Bertz CT molecular complexity index is 337. The highest BCUT2D eigenvalue weighted by Crippen LogP contribution is 2.28. The highest BCUT2D eigenvalue weighted by Gasteiger charge is 2.22. The van der Waals surface area contributed by atoms with Gasteiger partial charge in [0.25, 0.3) is 0 Å². The van der Waals surface area contributed by atoms with Crippen LogP contribution in [0.2, 0.25) is 0 Å². The lowest BCUT2D eigenvalue weighted by Crippen LogP contribution is -2.36. The van der Waals surface area contributed by atoms with Gasteiger partial charge in [0.1, 0.15) is 5.60 Å². The van der Waals surface area contributed by atoms with Crippen molar-refractivity contribution in [3.05, 3.63) is 12.2 Å². The van der Waals surface area contributed by atoms with Crippen molar-refractivity contribution < 1.29 is 9.53 Å². The molecule has 0 aliphatic heterocycles. The minimum Gasteiger partial charge on any atom is -0.444 e. The molecule has 122 valence electrons. The Morgan fingerprint density at radius 2 is 1.67 bits per heavy atom. The third-order valence-corrected chi connectivity index (χ3v) is 3.63. The zero-order chi connectivity index (χ0) is 15.9. The van der Waals surface area contributed by atoms with Gasteiger partial charge in [-0.05, 0) is 51.9 Å². The van der Waals surface area contributed by atoms with E-state index in [4.69, 9.17) is 4.74 Å². The third kappa shape index (κ3) is 8.76. The van der Waals surface area contributed by atoms with Gasteiger partial charge >= 0.3 is 6.09 Å². The number of nitrogens with one attached hydrogen (secondary N) is 2. The Morgan fingerprint density at radius 1 is 1.10 bits per heavy atom. The van der Waals surface area contributed by atoms with Gasteiger partial charge in [0.05, 0.1) is 0 Å². The van der Waals surface area contributed by atoms with Gasteiger partial charge in [-0.15, -0.1) is 0 Å². The zero-order valence-corrected chi connectivity index (χ0v) is 14.2. The molecule has 0 heterocycles. The van der Waals surface area contributed by atoms with E-state index in [2.05, 4.69) is 30.6 Å². The lowest BCUT2D eigenvalue weighted by atomic mass is 9.80. The lowest BCUT2D eigenvalue weighted by molar-refractivity contribution is 0.0534. The molecule has 2 atom stereocenters. The second kappa shape index (κ2) is 8.42. The molecule has 1 aliphatic rings. The number of carbonyl (C=O) groups is 1. The van der Waals surface area contributed by atoms with E-state index in [0.29, 0.717) is 12.6 Å². The van der Waals surface area contributed by atoms with E-state index >= 15 is 0 Å². The zero-order valence-electron chi connectivity index (χ0n) is 14.2. The number of rotatable bonds is 5. The summed E-state index contributed by atoms with van der Waals surface area (Å²) in [5, 5.41) is 6.29. The fraction of sp³-hybridized carbons (Fsp3) is 0.824. The van der Waals surface area contributed by atoms with E-state index in [0.717, 1.165) is 18.4 Å². The van der Waals surface area contributed by atoms with Crippen LogP contribution in [0.5, 0.6) is 0 Å². The normalized spacial score (nSPS) is 26.8. The number of carbonyl (C=O) groups excluding carboxylic acids is 1. The Kier molecular flexibility index (Phi) is 7.23. The van der Waals surface area contributed by atoms with E-state index in [9.17, 15) is 4.79 Å². The van der Waals surface area contributed by atoms with Crippen molar-refractivity contribution in [1.29, 1.82) is 0 Å². The van der Waals surface area contributed by atoms with Crippen LogP contribution in [0.1, 0.15) is 53.9 Å². The molecule has 4 nitrogen and oxygen atoms in total. The smallest absolute Gasteiger partial charge is 0.407 e. The van der Waals surface area contributed by atoms with Gasteiger partial charge in [-0.2, -0.15) is 0 Å². The van der Waals surface area contributed by atoms with Crippen LogP contribution in [0.15, 0.2) is 12.2 Å². The number of ether oxygens (including phenoxy) is 1. The second-order valence-electron chi connectivity index (χ2n) is 7.38. The van der Waals surface area contributed by atoms with Crippen molar-refractivity contribution in [3.63, 3.8) is 0 Å². The Morgan fingerprint density at radius 3 is 2.24 bits per heavy atom. The number of alkyl carbamates (subject to hydrolysis) is 1. The third-order valence-electron chi connectivity index (χ3n) is 3.63. The minimum absolute atomic E-state index is 0.366. The highest BCUT2D eigenvalue weighted by atomic mass is 16.6. The molecule has 2 unspecified atom stereocenters. The van der Waals surface area contributed by atoms with Crippen molar-refractivity contribution >= 4 is 6.09 Å². The van der Waals surface area contributed by atoms with Crippen LogP contribution in [0.3, 0.4) is 0 Å². The van der Waals surface area contributed by atoms with Gasteiger partial charge in [0.15, 0.2) is 0 Å². The van der Waals surface area contributed by atoms with Crippen molar-refractivity contribution in [2.45, 2.75) is 65.5 Å². The summed E-state index contributed by atoms with van der Waals surface area (Å²) >= 11 is 0. The summed E-state index contributed by atoms with van der Waals surface area (Å²) in [6.45, 7) is 11.6. The molecule has 0 aromatic carbocycles. The summed E-state index contributed by atoms with van der Waals surface area (Å²) in [7, 11) is 0. The van der Waals surface area contributed by atoms with Crippen LogP contribution in [-0.2, 0) is 4.74 Å². The average molecular weight is 296 g/mol. The van der Waals surface area contributed by atoms with Crippen LogP contribution in [-0.4, -0.2) is 30.8 Å². The standard InChI is InChI=1S/C17H32N2O2/c1-13-10-14(2)12-15(11-13)18-8-6-7-9-19-16(20)21-17(3,4)5/h6-7,13-15,18H,8-12H2,1-5H3,(H,19,20)/b7-6+. The predicted octanol–water partition coefficient (Wildman–Crippen LogP) is 3.48. The molecule has 2 N–H and O–H groups in total. The molecule has 0 radical (unpaired) electrons. The van der Waals surface area contributed by atoms with Gasteiger partial charge in [0, 0.05) is 19.1 Å². The van der Waals surface area contributed by atoms with Crippen molar-refractivity contribution in [2.24, 2.45) is 11.8 Å². The fourth-order valence-corrected chi connectivity index (χ4v) is 2.97. The molecule has 21 heavy (non-hydrogen) atoms. The molecule has 1 amide bonds. The second-order valence-corrected chi connectivity index (χ2v) is 7.38. The van der Waals surface area contributed by atoms with Crippen LogP contribution < -0.4 is 10.6 Å². The van der Waals surface area contributed by atoms with E-state index in [1.165, 1.54) is 19.3 Å². The van der Waals surface area contributed by atoms with Crippen LogP contribution in [0, 0.1) is 11.8 Å². The van der Waals surface area contributed by atoms with Crippen LogP contribution in [0.4, 0.5) is 4.79 Å². The van der Waals surface area contributed by atoms with Crippen molar-refractivity contribution in [1.82, 2.24) is 10.6 Å². The maximum atomic E-state index is 11.4. The topological polar surface area (TPSA) is 50.4 Å². The largest absolute Gasteiger partial charge is 0.444 e. The molecule has 0 aromatic rings. The molecule has 1 rings (SSSR count). The summed E-state index contributed by atoms with van der Waals surface area (Å²) in [4.78, 5) is 11.4. The summed E-state index contributed by atoms with van der Waals surface area (Å²) in [6, 6.07) is 0.632. The Balaban J connectivity index is 2.11. The Hall–Kier alpha value is -1.03. The van der Waals surface area contributed by atoms with Crippen LogP contribution in [0.25, 0.3) is 0 Å². The summed E-state index contributed by atoms with van der Waals surface area (Å²) in [5.41, 5.74) is -0.441. The molecule has 4 heteroatoms. The fourth-order valence-electron chi connectivity index (χ4n) is 2.97. The first-order valence-corrected chi connectivity index (χ1v) is 8.11. The summed E-state index contributed by atoms with van der Waals surface area (Å²) in [6.07, 6.45) is 7.57. The molecule has 0 spiro atoms. The van der Waals surface area contributed by atoms with Gasteiger partial charge in [-0.3, -0.25) is 0 Å². The first-order valence-electron chi connectivity index (χ1n) is 8.11. The molecular formula is C17H32N2O2. The summed E-state index contributed by atoms with van der Waals surface area (Å²) in [5.74, 6) is 1.65. The first-order chi connectivity index (χ1) is 9.76. The molecule has 0 saturated heterocycles. The van der Waals surface area contributed by atoms with E-state index in [1.54, 1.807) is 0 Å². The maximum absolute atomic E-state index is 11.4. The van der Waals surface area contributed by atoms with Gasteiger partial charge < -0.3 is 15.4 Å². The van der Waals surface area contributed by atoms with Gasteiger partial charge in [0.2, 0.25) is 0 Å². The molecule has 1 aliphatic carbocycles. The molecule has 0 bridgehead atoms. The van der Waals surface area contributed by atoms with Gasteiger partial charge in [-0.1, -0.05) is 26.0 Å². The lowest BCUT2D eigenvalue weighted by Gasteiger charge is -2.31. The minimum atomic E-state index is -0.441. The Labute approximate surface area is 129 Å². The van der Waals surface area contributed by atoms with Crippen molar-refractivity contribution in [2.75, 3.05) is 13.1 Å². The predicted molar refractivity (Wildman–Crippen MR) is 87.3 cm³/mol. The molecule has 1 fully saturated rings. The monoisotopic (exact) mass is 296 g/mol. The molecule has 1 saturated carbocycles. The van der Waals surface area contributed by atoms with Gasteiger partial charge in [-0.25, -0.2) is 4.79 Å². The van der Waals surface area contributed by atoms with E-state index in [-0.39, 0.29) is 6.09 Å². The molecule has 0 aromatic heterocycles. The van der Waals surface area contributed by atoms with Crippen LogP contribution >= 0.6 is 0 Å². The summed E-state index contributed by atoms with van der Waals surface area (Å²) < 4.78 is 5.16. The van der Waals surface area contributed by atoms with E-state index in [1.807, 2.05) is 26.8 Å². The SMILES string of the molecule is CC1CC(C)CC(NC/C=C/CNC(=O)OC(C)(C)C)C1. The quantitative estimate of drug-likeness (QED) is 0.764. The van der Waals surface area contributed by atoms with E-state index < -0.39 is 5.60 Å². The number of amides is 1. The maximum Gasteiger partial charge on any atom is 0.407 e.